The smallest absolute Gasteiger partial charge is 0.154 e. The highest BCUT2D eigenvalue weighted by Crippen LogP contribution is 2.28. The fraction of sp³-hybridized carbons (Fsp3) is 0.0526. The van der Waals surface area contributed by atoms with E-state index in [0.717, 1.165) is 10.4 Å². The van der Waals surface area contributed by atoms with Crippen molar-refractivity contribution < 1.29 is 4.39 Å². The maximum atomic E-state index is 13.8. The van der Waals surface area contributed by atoms with Crippen molar-refractivity contribution in [3.63, 3.8) is 0 Å². The minimum Gasteiger partial charge on any atom is -0.260 e. The lowest BCUT2D eigenvalue weighted by Gasteiger charge is -2.05. The number of amidine groups is 1. The number of hydrogen-bond acceptors (Lipinski definition) is 4. The normalized spacial score (nSPS) is 13.4. The molecule has 0 radical (unpaired) electrons. The number of thiophene rings is 1. The van der Waals surface area contributed by atoms with Crippen molar-refractivity contribution in [3.05, 3.63) is 87.4 Å². The van der Waals surface area contributed by atoms with E-state index in [1.165, 1.54) is 17.7 Å². The van der Waals surface area contributed by atoms with Crippen LogP contribution in [0.3, 0.4) is 0 Å². The van der Waals surface area contributed by atoms with Gasteiger partial charge in [0.15, 0.2) is 5.84 Å². The van der Waals surface area contributed by atoms with E-state index in [-0.39, 0.29) is 5.82 Å². The average Bonchev–Trinajstić information content (AvgIpc) is 3.04. The third-order valence-electron chi connectivity index (χ3n) is 3.80. The molecule has 2 aromatic carbocycles. The van der Waals surface area contributed by atoms with E-state index >= 15 is 0 Å². The van der Waals surface area contributed by atoms with Gasteiger partial charge in [-0.2, -0.15) is 5.10 Å². The largest absolute Gasteiger partial charge is 0.260 e. The van der Waals surface area contributed by atoms with Crippen LogP contribution in [0.4, 0.5) is 10.1 Å². The highest BCUT2D eigenvalue weighted by atomic mass is 32.1. The first-order chi connectivity index (χ1) is 11.7. The molecule has 0 spiro atoms. The number of nitrogens with zero attached hydrogens (tertiary/aromatic N) is 2. The molecule has 0 bridgehead atoms. The van der Waals surface area contributed by atoms with Gasteiger partial charge >= 0.3 is 0 Å². The first-order valence-corrected chi connectivity index (χ1v) is 8.42. The maximum Gasteiger partial charge on any atom is 0.154 e. The van der Waals surface area contributed by atoms with Crippen LogP contribution in [-0.2, 0) is 0 Å². The van der Waals surface area contributed by atoms with Crippen LogP contribution >= 0.6 is 11.3 Å². The van der Waals surface area contributed by atoms with Gasteiger partial charge in [-0.05, 0) is 36.6 Å². The molecule has 0 aliphatic carbocycles. The molecule has 0 saturated heterocycles. The molecule has 4 rings (SSSR count). The number of halogens is 1. The van der Waals surface area contributed by atoms with Gasteiger partial charge in [0.05, 0.1) is 10.6 Å². The summed E-state index contributed by atoms with van der Waals surface area (Å²) in [5, 5.41) is 6.48. The topological polar surface area (TPSA) is 36.8 Å². The quantitative estimate of drug-likeness (QED) is 0.728. The summed E-state index contributed by atoms with van der Waals surface area (Å²) in [6.07, 6.45) is 0. The molecule has 0 amide bonds. The van der Waals surface area contributed by atoms with Crippen LogP contribution in [0.2, 0.25) is 0 Å². The zero-order valence-electron chi connectivity index (χ0n) is 13.0. The van der Waals surface area contributed by atoms with Gasteiger partial charge in [0.1, 0.15) is 11.5 Å². The van der Waals surface area contributed by atoms with Crippen molar-refractivity contribution >= 4 is 28.6 Å². The molecule has 0 fully saturated rings. The number of benzene rings is 2. The molecule has 0 atom stereocenters. The van der Waals surface area contributed by atoms with Crippen LogP contribution in [0.5, 0.6) is 0 Å². The molecule has 1 aliphatic heterocycles. The Hall–Kier alpha value is -2.79. The molecule has 24 heavy (non-hydrogen) atoms. The van der Waals surface area contributed by atoms with Gasteiger partial charge in [-0.25, -0.2) is 9.38 Å². The molecule has 1 N–H and O–H groups in total. The molecular formula is C19H14FN3S. The van der Waals surface area contributed by atoms with E-state index in [1.54, 1.807) is 17.4 Å². The van der Waals surface area contributed by atoms with Crippen molar-refractivity contribution in [1.29, 1.82) is 0 Å². The molecule has 118 valence electrons. The second kappa shape index (κ2) is 6.02. The molecule has 5 heteroatoms. The predicted molar refractivity (Wildman–Crippen MR) is 96.9 cm³/mol. The lowest BCUT2D eigenvalue weighted by Crippen LogP contribution is -2.19. The number of hydrazone groups is 1. The van der Waals surface area contributed by atoms with Crippen LogP contribution in [0.1, 0.15) is 21.6 Å². The summed E-state index contributed by atoms with van der Waals surface area (Å²) in [6.45, 7) is 2.04. The predicted octanol–water partition coefficient (Wildman–Crippen LogP) is 4.63. The van der Waals surface area contributed by atoms with Crippen LogP contribution in [0.15, 0.2) is 70.1 Å². The molecule has 0 saturated carbocycles. The van der Waals surface area contributed by atoms with Crippen LogP contribution < -0.4 is 5.43 Å². The Morgan fingerprint density at radius 1 is 1.04 bits per heavy atom. The first kappa shape index (κ1) is 14.8. The van der Waals surface area contributed by atoms with E-state index < -0.39 is 0 Å². The van der Waals surface area contributed by atoms with Crippen LogP contribution in [0, 0.1) is 12.7 Å². The van der Waals surface area contributed by atoms with Gasteiger partial charge in [0.25, 0.3) is 0 Å². The molecule has 1 aliphatic rings. The molecule has 1 aromatic heterocycles. The van der Waals surface area contributed by atoms with Gasteiger partial charge in [-0.1, -0.05) is 35.9 Å². The second-order valence-electron chi connectivity index (χ2n) is 5.54. The van der Waals surface area contributed by atoms with Gasteiger partial charge in [0, 0.05) is 11.1 Å². The summed E-state index contributed by atoms with van der Waals surface area (Å²) >= 11 is 1.56. The number of aliphatic imine (C=N–C) groups is 1. The van der Waals surface area contributed by atoms with Crippen molar-refractivity contribution in [3.8, 4) is 0 Å². The first-order valence-electron chi connectivity index (χ1n) is 7.54. The maximum absolute atomic E-state index is 13.8. The van der Waals surface area contributed by atoms with E-state index in [9.17, 15) is 4.39 Å². The minimum absolute atomic E-state index is 0.299. The second-order valence-corrected chi connectivity index (χ2v) is 6.49. The Labute approximate surface area is 143 Å². The SMILES string of the molecule is Cc1ccc(C2=Nc3ccc(F)cc3C(c3cccs3)=NN2)cc1. The Bertz CT molecular complexity index is 941. The lowest BCUT2D eigenvalue weighted by atomic mass is 10.1. The van der Waals surface area contributed by atoms with Gasteiger partial charge in [0.2, 0.25) is 0 Å². The van der Waals surface area contributed by atoms with E-state index in [2.05, 4.69) is 15.5 Å². The number of aryl methyl sites for hydroxylation is 1. The highest BCUT2D eigenvalue weighted by Gasteiger charge is 2.18. The molecule has 3 aromatic rings. The monoisotopic (exact) mass is 335 g/mol. The summed E-state index contributed by atoms with van der Waals surface area (Å²) in [5.74, 6) is 0.349. The summed E-state index contributed by atoms with van der Waals surface area (Å²) in [6, 6.07) is 16.6. The molecule has 0 unspecified atom stereocenters. The van der Waals surface area contributed by atoms with Crippen molar-refractivity contribution in [2.24, 2.45) is 10.1 Å². The molecule has 3 nitrogen and oxygen atoms in total. The Kier molecular flexibility index (Phi) is 3.70. The van der Waals surface area contributed by atoms with E-state index in [0.29, 0.717) is 22.8 Å². The zero-order chi connectivity index (χ0) is 16.5. The van der Waals surface area contributed by atoms with Crippen molar-refractivity contribution in [1.82, 2.24) is 5.43 Å². The highest BCUT2D eigenvalue weighted by molar-refractivity contribution is 7.12. The number of hydrogen-bond donors (Lipinski definition) is 1. The fourth-order valence-corrected chi connectivity index (χ4v) is 3.28. The van der Waals surface area contributed by atoms with E-state index in [4.69, 9.17) is 0 Å². The molecular weight excluding hydrogens is 321 g/mol. The third-order valence-corrected chi connectivity index (χ3v) is 4.68. The van der Waals surface area contributed by atoms with Crippen molar-refractivity contribution in [2.75, 3.05) is 0 Å². The van der Waals surface area contributed by atoms with Crippen LogP contribution in [0.25, 0.3) is 0 Å². The third kappa shape index (κ3) is 2.74. The number of fused-ring (bicyclic) bond motifs is 1. The van der Waals surface area contributed by atoms with Gasteiger partial charge in [-0.15, -0.1) is 11.3 Å². The minimum atomic E-state index is -0.299. The van der Waals surface area contributed by atoms with Gasteiger partial charge < -0.3 is 0 Å². The van der Waals surface area contributed by atoms with Crippen LogP contribution in [-0.4, -0.2) is 11.5 Å². The summed E-state index contributed by atoms with van der Waals surface area (Å²) in [7, 11) is 0. The number of rotatable bonds is 2. The Morgan fingerprint density at radius 2 is 1.88 bits per heavy atom. The van der Waals surface area contributed by atoms with E-state index in [1.807, 2.05) is 48.7 Å². The standard InChI is InChI=1S/C19H14FN3S/c1-12-4-6-13(7-5-12)19-21-16-9-8-14(20)11-15(16)18(22-23-19)17-3-2-10-24-17/h2-11H,1H3,(H,21,23). The summed E-state index contributed by atoms with van der Waals surface area (Å²) < 4.78 is 13.8. The number of nitrogens with one attached hydrogen (secondary N) is 1. The van der Waals surface area contributed by atoms with Crippen molar-refractivity contribution in [2.45, 2.75) is 6.92 Å². The summed E-state index contributed by atoms with van der Waals surface area (Å²) in [5.41, 5.74) is 7.25. The lowest BCUT2D eigenvalue weighted by molar-refractivity contribution is 0.627. The average molecular weight is 335 g/mol. The zero-order valence-corrected chi connectivity index (χ0v) is 13.8. The fourth-order valence-electron chi connectivity index (χ4n) is 2.55. The summed E-state index contributed by atoms with van der Waals surface area (Å²) in [4.78, 5) is 5.64. The Morgan fingerprint density at radius 3 is 2.62 bits per heavy atom. The van der Waals surface area contributed by atoms with Gasteiger partial charge in [-0.3, -0.25) is 5.43 Å². The molecule has 2 heterocycles. The Balaban J connectivity index is 1.87.